The molecular formula is C19H18F3NO2. The van der Waals surface area contributed by atoms with Crippen molar-refractivity contribution in [2.45, 2.75) is 25.6 Å². The van der Waals surface area contributed by atoms with E-state index in [0.29, 0.717) is 42.8 Å². The molecular weight excluding hydrogens is 331 g/mol. The molecule has 1 aliphatic heterocycles. The van der Waals surface area contributed by atoms with Crippen LogP contribution in [0, 0.1) is 0 Å². The van der Waals surface area contributed by atoms with Crippen molar-refractivity contribution in [2.24, 2.45) is 0 Å². The lowest BCUT2D eigenvalue weighted by atomic mass is 9.98. The average Bonchev–Trinajstić information content (AvgIpc) is 2.60. The second-order valence-electron chi connectivity index (χ2n) is 6.03. The number of methoxy groups -OCH3 is 1. The van der Waals surface area contributed by atoms with E-state index in [1.807, 2.05) is 6.07 Å². The van der Waals surface area contributed by atoms with Gasteiger partial charge in [0.15, 0.2) is 0 Å². The fraction of sp³-hybridized carbons (Fsp3) is 0.316. The van der Waals surface area contributed by atoms with Crippen molar-refractivity contribution in [3.8, 4) is 0 Å². The number of carbonyl (C=O) groups excluding carboxylic acids is 1. The zero-order valence-electron chi connectivity index (χ0n) is 13.8. The Morgan fingerprint density at radius 2 is 2.00 bits per heavy atom. The van der Waals surface area contributed by atoms with Crippen LogP contribution in [0.1, 0.15) is 33.5 Å². The van der Waals surface area contributed by atoms with Crippen LogP contribution in [0.4, 0.5) is 18.9 Å². The topological polar surface area (TPSA) is 29.5 Å². The Balaban J connectivity index is 1.92. The third kappa shape index (κ3) is 3.69. The predicted molar refractivity (Wildman–Crippen MR) is 88.6 cm³/mol. The van der Waals surface area contributed by atoms with Crippen LogP contribution in [0.5, 0.6) is 0 Å². The zero-order chi connectivity index (χ0) is 18.0. The van der Waals surface area contributed by atoms with E-state index in [1.165, 1.54) is 6.07 Å². The highest BCUT2D eigenvalue weighted by atomic mass is 19.4. The summed E-state index contributed by atoms with van der Waals surface area (Å²) < 4.78 is 43.8. The van der Waals surface area contributed by atoms with E-state index in [0.717, 1.165) is 17.7 Å². The minimum absolute atomic E-state index is 0.210. The summed E-state index contributed by atoms with van der Waals surface area (Å²) in [6.45, 7) is 0.887. The quantitative estimate of drug-likeness (QED) is 0.820. The molecule has 1 heterocycles. The van der Waals surface area contributed by atoms with Gasteiger partial charge in [0.25, 0.3) is 5.91 Å². The van der Waals surface area contributed by atoms with E-state index < -0.39 is 11.7 Å². The number of hydrogen-bond acceptors (Lipinski definition) is 2. The van der Waals surface area contributed by atoms with Gasteiger partial charge in [0, 0.05) is 24.9 Å². The summed E-state index contributed by atoms with van der Waals surface area (Å²) in [6.07, 6.45) is -3.21. The van der Waals surface area contributed by atoms with Gasteiger partial charge in [0.05, 0.1) is 12.2 Å². The lowest BCUT2D eigenvalue weighted by molar-refractivity contribution is -0.137. The molecule has 0 bridgehead atoms. The minimum Gasteiger partial charge on any atom is -0.380 e. The van der Waals surface area contributed by atoms with E-state index in [4.69, 9.17) is 4.74 Å². The molecule has 0 fully saturated rings. The van der Waals surface area contributed by atoms with Crippen molar-refractivity contribution in [1.29, 1.82) is 0 Å². The molecule has 6 heteroatoms. The van der Waals surface area contributed by atoms with E-state index in [-0.39, 0.29) is 5.91 Å². The second-order valence-corrected chi connectivity index (χ2v) is 6.03. The number of halogens is 3. The highest BCUT2D eigenvalue weighted by Crippen LogP contribution is 2.35. The van der Waals surface area contributed by atoms with Crippen LogP contribution in [0.25, 0.3) is 0 Å². The normalized spacial score (nSPS) is 14.3. The molecule has 25 heavy (non-hydrogen) atoms. The van der Waals surface area contributed by atoms with Crippen LogP contribution in [0.3, 0.4) is 0 Å². The summed E-state index contributed by atoms with van der Waals surface area (Å²) >= 11 is 0. The first-order chi connectivity index (χ1) is 11.9. The number of nitrogens with zero attached hydrogens (tertiary/aromatic N) is 1. The first kappa shape index (κ1) is 17.5. The van der Waals surface area contributed by atoms with E-state index >= 15 is 0 Å². The third-order valence-electron chi connectivity index (χ3n) is 4.26. The maximum Gasteiger partial charge on any atom is 0.416 e. The highest BCUT2D eigenvalue weighted by molar-refractivity contribution is 6.06. The Hall–Kier alpha value is -2.34. The van der Waals surface area contributed by atoms with Gasteiger partial charge in [-0.25, -0.2) is 0 Å². The summed E-state index contributed by atoms with van der Waals surface area (Å²) in [7, 11) is 1.58. The molecule has 0 aliphatic carbocycles. The Morgan fingerprint density at radius 1 is 1.20 bits per heavy atom. The minimum atomic E-state index is -4.38. The van der Waals surface area contributed by atoms with Crippen LogP contribution < -0.4 is 4.90 Å². The molecule has 1 aliphatic rings. The van der Waals surface area contributed by atoms with E-state index in [2.05, 4.69) is 0 Å². The third-order valence-corrected chi connectivity index (χ3v) is 4.26. The van der Waals surface area contributed by atoms with Gasteiger partial charge in [-0.15, -0.1) is 0 Å². The van der Waals surface area contributed by atoms with Gasteiger partial charge in [-0.05, 0) is 54.3 Å². The monoisotopic (exact) mass is 349 g/mol. The van der Waals surface area contributed by atoms with Gasteiger partial charge >= 0.3 is 6.18 Å². The molecule has 0 saturated carbocycles. The van der Waals surface area contributed by atoms with Gasteiger partial charge < -0.3 is 9.64 Å². The zero-order valence-corrected chi connectivity index (χ0v) is 13.8. The predicted octanol–water partition coefficient (Wildman–Crippen LogP) is 4.44. The Labute approximate surface area is 144 Å². The number of aryl methyl sites for hydroxylation is 1. The van der Waals surface area contributed by atoms with Gasteiger partial charge in [0.1, 0.15) is 0 Å². The Kier molecular flexibility index (Phi) is 4.81. The lowest BCUT2D eigenvalue weighted by Crippen LogP contribution is -2.35. The molecule has 0 unspecified atom stereocenters. The number of rotatable bonds is 3. The number of benzene rings is 2. The maximum absolute atomic E-state index is 12.9. The molecule has 0 radical (unpaired) electrons. The van der Waals surface area contributed by atoms with Crippen molar-refractivity contribution in [3.63, 3.8) is 0 Å². The molecule has 1 amide bonds. The van der Waals surface area contributed by atoms with Gasteiger partial charge in [0.2, 0.25) is 0 Å². The van der Waals surface area contributed by atoms with Crippen LogP contribution in [0.15, 0.2) is 42.5 Å². The fourth-order valence-electron chi connectivity index (χ4n) is 3.10. The number of amides is 1. The van der Waals surface area contributed by atoms with Gasteiger partial charge in [-0.3, -0.25) is 4.79 Å². The summed E-state index contributed by atoms with van der Waals surface area (Å²) in [5, 5.41) is 0. The fourth-order valence-corrected chi connectivity index (χ4v) is 3.10. The summed E-state index contributed by atoms with van der Waals surface area (Å²) in [4.78, 5) is 14.4. The van der Waals surface area contributed by atoms with Crippen molar-refractivity contribution >= 4 is 11.6 Å². The first-order valence-corrected chi connectivity index (χ1v) is 8.00. The molecule has 2 aromatic rings. The number of alkyl halides is 3. The molecule has 0 atom stereocenters. The number of hydrogen-bond donors (Lipinski definition) is 0. The lowest BCUT2D eigenvalue weighted by Gasteiger charge is -2.30. The van der Waals surface area contributed by atoms with Crippen LogP contribution in [-0.2, 0) is 23.9 Å². The standard InChI is InChI=1S/C19H18F3NO2/c1-25-12-13-4-2-5-15(10-13)18(24)23-9-3-6-14-11-16(19(20,21)22)7-8-17(14)23/h2,4-5,7-8,10-11H,3,6,9,12H2,1H3. The first-order valence-electron chi connectivity index (χ1n) is 8.00. The van der Waals surface area contributed by atoms with Crippen molar-refractivity contribution in [1.82, 2.24) is 0 Å². The molecule has 0 saturated heterocycles. The molecule has 2 aromatic carbocycles. The molecule has 0 N–H and O–H groups in total. The number of fused-ring (bicyclic) bond motifs is 1. The van der Waals surface area contributed by atoms with Gasteiger partial charge in [-0.1, -0.05) is 12.1 Å². The maximum atomic E-state index is 12.9. The largest absolute Gasteiger partial charge is 0.416 e. The second kappa shape index (κ2) is 6.88. The summed E-state index contributed by atoms with van der Waals surface area (Å²) in [5.41, 5.74) is 1.81. The molecule has 3 nitrogen and oxygen atoms in total. The summed E-state index contributed by atoms with van der Waals surface area (Å²) in [5.74, 6) is -0.210. The Bertz CT molecular complexity index is 786. The average molecular weight is 349 g/mol. The van der Waals surface area contributed by atoms with Crippen LogP contribution in [-0.4, -0.2) is 19.6 Å². The molecule has 3 rings (SSSR count). The van der Waals surface area contributed by atoms with Crippen molar-refractivity contribution in [3.05, 3.63) is 64.7 Å². The van der Waals surface area contributed by atoms with Crippen molar-refractivity contribution < 1.29 is 22.7 Å². The molecule has 132 valence electrons. The van der Waals surface area contributed by atoms with Gasteiger partial charge in [-0.2, -0.15) is 13.2 Å². The molecule has 0 spiro atoms. The smallest absolute Gasteiger partial charge is 0.380 e. The van der Waals surface area contributed by atoms with E-state index in [1.54, 1.807) is 30.2 Å². The number of ether oxygens (including phenoxy) is 1. The van der Waals surface area contributed by atoms with Crippen LogP contribution >= 0.6 is 0 Å². The summed E-state index contributed by atoms with van der Waals surface area (Å²) in [6, 6.07) is 10.7. The van der Waals surface area contributed by atoms with Crippen molar-refractivity contribution in [2.75, 3.05) is 18.6 Å². The number of carbonyl (C=O) groups is 1. The SMILES string of the molecule is COCc1cccc(C(=O)N2CCCc3cc(C(F)(F)F)ccc32)c1. The van der Waals surface area contributed by atoms with Crippen LogP contribution in [0.2, 0.25) is 0 Å². The van der Waals surface area contributed by atoms with E-state index in [9.17, 15) is 18.0 Å². The Morgan fingerprint density at radius 3 is 2.72 bits per heavy atom. The molecule has 0 aromatic heterocycles. The number of anilines is 1. The highest BCUT2D eigenvalue weighted by Gasteiger charge is 2.32.